The Labute approximate surface area is 204 Å². The predicted octanol–water partition coefficient (Wildman–Crippen LogP) is 4.10. The van der Waals surface area contributed by atoms with Crippen molar-refractivity contribution in [3.63, 3.8) is 0 Å². The lowest BCUT2D eigenvalue weighted by Gasteiger charge is -2.41. The molecule has 0 fully saturated rings. The third-order valence-corrected chi connectivity index (χ3v) is 7.15. The van der Waals surface area contributed by atoms with Crippen molar-refractivity contribution >= 4 is 27.3 Å². The van der Waals surface area contributed by atoms with Crippen LogP contribution in [0.3, 0.4) is 0 Å². The van der Waals surface area contributed by atoms with Gasteiger partial charge in [0.15, 0.2) is 15.6 Å². The minimum absolute atomic E-state index is 0.0199. The monoisotopic (exact) mass is 514 g/mol. The number of sulfone groups is 1. The predicted molar refractivity (Wildman–Crippen MR) is 120 cm³/mol. The molecule has 2 aromatic carbocycles. The van der Waals surface area contributed by atoms with Crippen LogP contribution in [-0.4, -0.2) is 37.9 Å². The topological polar surface area (TPSA) is 122 Å². The summed E-state index contributed by atoms with van der Waals surface area (Å²) in [5.41, 5.74) is -0.914. The summed E-state index contributed by atoms with van der Waals surface area (Å²) in [5.74, 6) is -0.425. The molecule has 0 radical (unpaired) electrons. The molecule has 4 rings (SSSR count). The van der Waals surface area contributed by atoms with Gasteiger partial charge in [0.2, 0.25) is 0 Å². The molecule has 0 saturated heterocycles. The van der Waals surface area contributed by atoms with Crippen LogP contribution in [0.2, 0.25) is 0 Å². The number of allylic oxidation sites excluding steroid dienone is 1. The molecule has 0 spiro atoms. The van der Waals surface area contributed by atoms with Crippen LogP contribution in [0.4, 0.5) is 23.7 Å². The number of nitrogens with zero attached hydrogens (tertiary/aromatic N) is 4. The Morgan fingerprint density at radius 3 is 2.42 bits per heavy atom. The maximum atomic E-state index is 13.7. The fourth-order valence-electron chi connectivity index (χ4n) is 4.51. The molecule has 8 nitrogen and oxygen atoms in total. The van der Waals surface area contributed by atoms with Crippen molar-refractivity contribution in [1.29, 1.82) is 10.5 Å². The van der Waals surface area contributed by atoms with Gasteiger partial charge in [-0.05, 0) is 42.3 Å². The average Bonchev–Trinajstić information content (AvgIpc) is 3.19. The van der Waals surface area contributed by atoms with E-state index in [9.17, 15) is 41.7 Å². The zero-order valence-electron chi connectivity index (χ0n) is 18.7. The van der Waals surface area contributed by atoms with E-state index in [0.29, 0.717) is 0 Å². The molecule has 2 aromatic rings. The molecular weight excluding hydrogens is 497 g/mol. The van der Waals surface area contributed by atoms with Crippen molar-refractivity contribution < 1.29 is 31.2 Å². The first-order valence-corrected chi connectivity index (χ1v) is 12.4. The zero-order chi connectivity index (χ0) is 26.4. The summed E-state index contributed by atoms with van der Waals surface area (Å²) in [7, 11) is -3.95. The second-order valence-corrected chi connectivity index (χ2v) is 10.3. The van der Waals surface area contributed by atoms with Gasteiger partial charge in [0.1, 0.15) is 6.54 Å². The molecule has 0 bridgehead atoms. The van der Waals surface area contributed by atoms with Gasteiger partial charge in [-0.2, -0.15) is 23.7 Å². The highest BCUT2D eigenvalue weighted by Gasteiger charge is 2.47. The number of nitriles is 2. The molecule has 184 valence electrons. The van der Waals surface area contributed by atoms with Gasteiger partial charge < -0.3 is 0 Å². The SMILES string of the molecule is CS(=O)(=O)c1cc(C#N)ccc1C1C2=C(CCC2=O)N(c2cccc(C(F)(F)F)c2)C(=O)N1CC#N. The second kappa shape index (κ2) is 8.81. The molecule has 12 heteroatoms. The van der Waals surface area contributed by atoms with Crippen LogP contribution in [0.5, 0.6) is 0 Å². The van der Waals surface area contributed by atoms with Crippen LogP contribution in [0, 0.1) is 22.7 Å². The van der Waals surface area contributed by atoms with Crippen molar-refractivity contribution in [1.82, 2.24) is 4.90 Å². The lowest BCUT2D eigenvalue weighted by atomic mass is 9.92. The zero-order valence-corrected chi connectivity index (χ0v) is 19.5. The Kier molecular flexibility index (Phi) is 6.10. The Morgan fingerprint density at radius 1 is 1.08 bits per heavy atom. The van der Waals surface area contributed by atoms with E-state index in [2.05, 4.69) is 0 Å². The summed E-state index contributed by atoms with van der Waals surface area (Å²) in [5, 5.41) is 18.7. The number of halogens is 3. The first-order chi connectivity index (χ1) is 16.9. The highest BCUT2D eigenvalue weighted by atomic mass is 32.2. The number of rotatable bonds is 4. The normalized spacial score (nSPS) is 18.2. The number of carbonyl (C=O) groups excluding carboxylic acids is 2. The summed E-state index contributed by atoms with van der Waals surface area (Å²) in [6.45, 7) is -0.577. The highest BCUT2D eigenvalue weighted by Crippen LogP contribution is 2.46. The van der Waals surface area contributed by atoms with E-state index in [0.717, 1.165) is 40.3 Å². The van der Waals surface area contributed by atoms with Crippen LogP contribution < -0.4 is 4.90 Å². The van der Waals surface area contributed by atoms with Crippen molar-refractivity contribution in [3.05, 3.63) is 70.4 Å². The summed E-state index contributed by atoms with van der Waals surface area (Å²) in [4.78, 5) is 28.4. The first-order valence-electron chi connectivity index (χ1n) is 10.5. The molecule has 2 aliphatic rings. The number of alkyl halides is 3. The third kappa shape index (κ3) is 4.20. The van der Waals surface area contributed by atoms with Crippen LogP contribution in [0.25, 0.3) is 0 Å². The number of hydrogen-bond donors (Lipinski definition) is 0. The molecule has 1 aliphatic heterocycles. The second-order valence-electron chi connectivity index (χ2n) is 8.27. The largest absolute Gasteiger partial charge is 0.416 e. The maximum absolute atomic E-state index is 13.7. The van der Waals surface area contributed by atoms with Crippen LogP contribution in [0.15, 0.2) is 58.6 Å². The molecule has 1 unspecified atom stereocenters. The van der Waals surface area contributed by atoms with Gasteiger partial charge >= 0.3 is 12.2 Å². The maximum Gasteiger partial charge on any atom is 0.416 e. The molecule has 0 aromatic heterocycles. The minimum Gasteiger partial charge on any atom is -0.299 e. The summed E-state index contributed by atoms with van der Waals surface area (Å²) in [6, 6.07) is 9.31. The quantitative estimate of drug-likeness (QED) is 0.566. The van der Waals surface area contributed by atoms with E-state index in [-0.39, 0.29) is 45.8 Å². The number of ketones is 1. The van der Waals surface area contributed by atoms with Crippen LogP contribution in [0.1, 0.15) is 35.6 Å². The number of hydrogen-bond acceptors (Lipinski definition) is 6. The standard InChI is InChI=1S/C24H17F3N4O4S/c1-36(34,35)20-11-14(13-29)5-6-17(20)22-21-18(7-8-19(21)32)31(23(33)30(22)10-9-28)16-4-2-3-15(12-16)24(25,26)27/h2-6,11-12,22H,7-8,10H2,1H3. The summed E-state index contributed by atoms with van der Waals surface area (Å²) in [6.07, 6.45) is -3.78. The molecule has 0 saturated carbocycles. The van der Waals surface area contributed by atoms with Crippen molar-refractivity contribution in [2.24, 2.45) is 0 Å². The van der Waals surface area contributed by atoms with E-state index >= 15 is 0 Å². The molecular formula is C24H17F3N4O4S. The minimum atomic E-state index is -4.68. The molecule has 1 atom stereocenters. The van der Waals surface area contributed by atoms with Gasteiger partial charge in [-0.3, -0.25) is 14.6 Å². The Morgan fingerprint density at radius 2 is 1.81 bits per heavy atom. The number of Topliss-reactive ketones (excluding diaryl/α,β-unsaturated/α-hetero) is 1. The Hall–Kier alpha value is -4.16. The van der Waals surface area contributed by atoms with Gasteiger partial charge in [0.05, 0.1) is 39.9 Å². The van der Waals surface area contributed by atoms with E-state index in [1.807, 2.05) is 12.1 Å². The van der Waals surface area contributed by atoms with Gasteiger partial charge in [0.25, 0.3) is 0 Å². The van der Waals surface area contributed by atoms with Crippen LogP contribution >= 0.6 is 0 Å². The van der Waals surface area contributed by atoms with E-state index in [1.165, 1.54) is 18.2 Å². The van der Waals surface area contributed by atoms with E-state index in [4.69, 9.17) is 0 Å². The fourth-order valence-corrected chi connectivity index (χ4v) is 5.46. The van der Waals surface area contributed by atoms with Crippen molar-refractivity contribution in [2.75, 3.05) is 17.7 Å². The number of carbonyl (C=O) groups is 2. The van der Waals surface area contributed by atoms with Gasteiger partial charge in [0, 0.05) is 23.9 Å². The summed E-state index contributed by atoms with van der Waals surface area (Å²) < 4.78 is 65.3. The van der Waals surface area contributed by atoms with Crippen molar-refractivity contribution in [3.8, 4) is 12.1 Å². The number of amides is 2. The van der Waals surface area contributed by atoms with Gasteiger partial charge in [-0.15, -0.1) is 0 Å². The first kappa shape index (κ1) is 24.9. The third-order valence-electron chi connectivity index (χ3n) is 6.00. The lowest BCUT2D eigenvalue weighted by Crippen LogP contribution is -2.50. The van der Waals surface area contributed by atoms with E-state index < -0.39 is 46.0 Å². The van der Waals surface area contributed by atoms with Gasteiger partial charge in [-0.25, -0.2) is 13.2 Å². The number of anilines is 1. The molecule has 36 heavy (non-hydrogen) atoms. The summed E-state index contributed by atoms with van der Waals surface area (Å²) >= 11 is 0. The highest BCUT2D eigenvalue weighted by molar-refractivity contribution is 7.90. The van der Waals surface area contributed by atoms with Gasteiger partial charge in [-0.1, -0.05) is 12.1 Å². The number of urea groups is 1. The molecule has 1 aliphatic carbocycles. The Bertz CT molecular complexity index is 1520. The molecule has 1 heterocycles. The Balaban J connectivity index is 2.00. The molecule has 2 amide bonds. The molecule has 0 N–H and O–H groups in total. The van der Waals surface area contributed by atoms with Crippen LogP contribution in [-0.2, 0) is 20.8 Å². The number of benzene rings is 2. The van der Waals surface area contributed by atoms with E-state index in [1.54, 1.807) is 0 Å². The smallest absolute Gasteiger partial charge is 0.299 e. The van der Waals surface area contributed by atoms with Crippen molar-refractivity contribution in [2.45, 2.75) is 30.0 Å². The lowest BCUT2D eigenvalue weighted by molar-refractivity contribution is -0.137. The fraction of sp³-hybridized carbons (Fsp3) is 0.250. The average molecular weight is 514 g/mol.